The van der Waals surface area contributed by atoms with E-state index >= 15 is 0 Å². The molecular formula is C13H26N2O. The van der Waals surface area contributed by atoms with E-state index in [2.05, 4.69) is 19.2 Å². The summed E-state index contributed by atoms with van der Waals surface area (Å²) in [6.07, 6.45) is 6.61. The van der Waals surface area contributed by atoms with E-state index in [1.165, 1.54) is 25.7 Å². The zero-order valence-corrected chi connectivity index (χ0v) is 10.7. The second-order valence-corrected chi connectivity index (χ2v) is 5.77. The summed E-state index contributed by atoms with van der Waals surface area (Å²) in [7, 11) is 0. The van der Waals surface area contributed by atoms with Crippen molar-refractivity contribution in [3.63, 3.8) is 0 Å². The van der Waals surface area contributed by atoms with Crippen LogP contribution >= 0.6 is 0 Å². The lowest BCUT2D eigenvalue weighted by molar-refractivity contribution is 0.0856. The fraction of sp³-hybridized carbons (Fsp3) is 1.00. The molecule has 1 heterocycles. The first-order valence-electron chi connectivity index (χ1n) is 6.74. The maximum atomic E-state index is 6.17. The van der Waals surface area contributed by atoms with E-state index in [9.17, 15) is 0 Å². The highest BCUT2D eigenvalue weighted by Gasteiger charge is 2.37. The first kappa shape index (κ1) is 12.3. The molecule has 2 fully saturated rings. The SMILES string of the molecule is CC1OCCC1(C)NCC1CCCCC1N. The summed E-state index contributed by atoms with van der Waals surface area (Å²) in [5, 5.41) is 3.70. The van der Waals surface area contributed by atoms with Crippen molar-refractivity contribution in [1.29, 1.82) is 0 Å². The highest BCUT2D eigenvalue weighted by Crippen LogP contribution is 2.27. The van der Waals surface area contributed by atoms with Crippen LogP contribution in [0.2, 0.25) is 0 Å². The quantitative estimate of drug-likeness (QED) is 0.769. The molecular weight excluding hydrogens is 200 g/mol. The Kier molecular flexibility index (Phi) is 3.88. The predicted octanol–water partition coefficient (Wildman–Crippen LogP) is 1.66. The average Bonchev–Trinajstić information content (AvgIpc) is 2.59. The van der Waals surface area contributed by atoms with Crippen molar-refractivity contribution in [2.45, 2.75) is 63.6 Å². The molecule has 0 aromatic carbocycles. The van der Waals surface area contributed by atoms with Crippen molar-refractivity contribution in [3.05, 3.63) is 0 Å². The van der Waals surface area contributed by atoms with E-state index in [0.29, 0.717) is 18.1 Å². The summed E-state index contributed by atoms with van der Waals surface area (Å²) in [6, 6.07) is 0.405. The van der Waals surface area contributed by atoms with Crippen LogP contribution in [-0.4, -0.2) is 30.8 Å². The topological polar surface area (TPSA) is 47.3 Å². The molecule has 0 bridgehead atoms. The predicted molar refractivity (Wildman–Crippen MR) is 66.4 cm³/mol. The molecule has 4 atom stereocenters. The standard InChI is InChI=1S/C13H26N2O/c1-10-13(2,7-8-16-10)15-9-11-5-3-4-6-12(11)14/h10-12,15H,3-9,14H2,1-2H3. The summed E-state index contributed by atoms with van der Waals surface area (Å²) >= 11 is 0. The molecule has 0 amide bonds. The molecule has 94 valence electrons. The number of rotatable bonds is 3. The van der Waals surface area contributed by atoms with Crippen LogP contribution in [0.5, 0.6) is 0 Å². The van der Waals surface area contributed by atoms with Gasteiger partial charge in [0.05, 0.1) is 6.10 Å². The second kappa shape index (κ2) is 5.03. The molecule has 4 unspecified atom stereocenters. The summed E-state index contributed by atoms with van der Waals surface area (Å²) in [5.74, 6) is 0.665. The van der Waals surface area contributed by atoms with Gasteiger partial charge in [-0.3, -0.25) is 0 Å². The van der Waals surface area contributed by atoms with Gasteiger partial charge in [-0.25, -0.2) is 0 Å². The van der Waals surface area contributed by atoms with Crippen molar-refractivity contribution in [1.82, 2.24) is 5.32 Å². The number of nitrogens with one attached hydrogen (secondary N) is 1. The lowest BCUT2D eigenvalue weighted by Crippen LogP contribution is -2.51. The van der Waals surface area contributed by atoms with Gasteiger partial charge in [0.15, 0.2) is 0 Å². The van der Waals surface area contributed by atoms with Gasteiger partial charge in [0.2, 0.25) is 0 Å². The highest BCUT2D eigenvalue weighted by atomic mass is 16.5. The van der Waals surface area contributed by atoms with Gasteiger partial charge in [-0.2, -0.15) is 0 Å². The number of hydrogen-bond acceptors (Lipinski definition) is 3. The zero-order chi connectivity index (χ0) is 11.6. The third kappa shape index (κ3) is 2.58. The minimum atomic E-state index is 0.164. The van der Waals surface area contributed by atoms with Crippen molar-refractivity contribution in [2.24, 2.45) is 11.7 Å². The van der Waals surface area contributed by atoms with Gasteiger partial charge in [0, 0.05) is 24.7 Å². The van der Waals surface area contributed by atoms with Gasteiger partial charge < -0.3 is 15.8 Å². The maximum Gasteiger partial charge on any atom is 0.0726 e. The van der Waals surface area contributed by atoms with Crippen LogP contribution in [0.1, 0.15) is 46.0 Å². The van der Waals surface area contributed by atoms with Crippen molar-refractivity contribution >= 4 is 0 Å². The minimum absolute atomic E-state index is 0.164. The molecule has 0 aromatic rings. The van der Waals surface area contributed by atoms with Crippen LogP contribution in [0.3, 0.4) is 0 Å². The molecule has 1 aliphatic heterocycles. The summed E-state index contributed by atoms with van der Waals surface area (Å²) in [5.41, 5.74) is 6.33. The largest absolute Gasteiger partial charge is 0.377 e. The lowest BCUT2D eigenvalue weighted by atomic mass is 9.84. The molecule has 16 heavy (non-hydrogen) atoms. The third-order valence-corrected chi connectivity index (χ3v) is 4.62. The molecule has 0 aromatic heterocycles. The average molecular weight is 226 g/mol. The zero-order valence-electron chi connectivity index (χ0n) is 10.7. The van der Waals surface area contributed by atoms with E-state index in [0.717, 1.165) is 19.6 Å². The van der Waals surface area contributed by atoms with Gasteiger partial charge >= 0.3 is 0 Å². The summed E-state index contributed by atoms with van der Waals surface area (Å²) in [4.78, 5) is 0. The molecule has 2 aliphatic rings. The Labute approximate surface area is 99.1 Å². The van der Waals surface area contributed by atoms with Crippen molar-refractivity contribution in [3.8, 4) is 0 Å². The Bertz CT molecular complexity index is 234. The molecule has 1 saturated heterocycles. The van der Waals surface area contributed by atoms with E-state index < -0.39 is 0 Å². The minimum Gasteiger partial charge on any atom is -0.377 e. The second-order valence-electron chi connectivity index (χ2n) is 5.77. The molecule has 0 radical (unpaired) electrons. The summed E-state index contributed by atoms with van der Waals surface area (Å²) in [6.45, 7) is 6.40. The third-order valence-electron chi connectivity index (χ3n) is 4.62. The Morgan fingerprint density at radius 2 is 2.12 bits per heavy atom. The van der Waals surface area contributed by atoms with Gasteiger partial charge in [-0.05, 0) is 39.0 Å². The Balaban J connectivity index is 1.81. The van der Waals surface area contributed by atoms with E-state index in [1.54, 1.807) is 0 Å². The lowest BCUT2D eigenvalue weighted by Gasteiger charge is -2.34. The number of ether oxygens (including phenoxy) is 1. The molecule has 3 N–H and O–H groups in total. The molecule has 0 spiro atoms. The normalized spacial score (nSPS) is 44.8. The van der Waals surface area contributed by atoms with Gasteiger partial charge in [-0.15, -0.1) is 0 Å². The van der Waals surface area contributed by atoms with Crippen LogP contribution in [0.25, 0.3) is 0 Å². The smallest absolute Gasteiger partial charge is 0.0726 e. The monoisotopic (exact) mass is 226 g/mol. The fourth-order valence-electron chi connectivity index (χ4n) is 2.92. The van der Waals surface area contributed by atoms with Gasteiger partial charge in [0.1, 0.15) is 0 Å². The molecule has 1 aliphatic carbocycles. The maximum absolute atomic E-state index is 6.17. The Morgan fingerprint density at radius 1 is 1.38 bits per heavy atom. The van der Waals surface area contributed by atoms with E-state index in [-0.39, 0.29) is 5.54 Å². The van der Waals surface area contributed by atoms with Crippen molar-refractivity contribution < 1.29 is 4.74 Å². The van der Waals surface area contributed by atoms with Gasteiger partial charge in [-0.1, -0.05) is 12.8 Å². The van der Waals surface area contributed by atoms with Crippen molar-refractivity contribution in [2.75, 3.05) is 13.2 Å². The molecule has 2 rings (SSSR count). The van der Waals surface area contributed by atoms with Crippen LogP contribution in [-0.2, 0) is 4.74 Å². The van der Waals surface area contributed by atoms with Gasteiger partial charge in [0.25, 0.3) is 0 Å². The number of nitrogens with two attached hydrogens (primary N) is 1. The number of hydrogen-bond donors (Lipinski definition) is 2. The van der Waals surface area contributed by atoms with Crippen LogP contribution in [0.4, 0.5) is 0 Å². The highest BCUT2D eigenvalue weighted by molar-refractivity contribution is 4.94. The molecule has 1 saturated carbocycles. The van der Waals surface area contributed by atoms with E-state index in [4.69, 9.17) is 10.5 Å². The van der Waals surface area contributed by atoms with Crippen LogP contribution in [0.15, 0.2) is 0 Å². The Morgan fingerprint density at radius 3 is 2.75 bits per heavy atom. The van der Waals surface area contributed by atoms with Crippen LogP contribution in [0, 0.1) is 5.92 Å². The summed E-state index contributed by atoms with van der Waals surface area (Å²) < 4.78 is 5.64. The fourth-order valence-corrected chi connectivity index (χ4v) is 2.92. The first-order chi connectivity index (χ1) is 7.62. The van der Waals surface area contributed by atoms with E-state index in [1.807, 2.05) is 0 Å². The first-order valence-corrected chi connectivity index (χ1v) is 6.74. The Hall–Kier alpha value is -0.120. The van der Waals surface area contributed by atoms with Crippen LogP contribution < -0.4 is 11.1 Å². The molecule has 3 nitrogen and oxygen atoms in total. The molecule has 3 heteroatoms.